The largest absolute Gasteiger partial charge is 0.466 e. The van der Waals surface area contributed by atoms with Crippen LogP contribution in [0.4, 0.5) is 0 Å². The Morgan fingerprint density at radius 1 is 1.25 bits per heavy atom. The predicted molar refractivity (Wildman–Crippen MR) is 62.9 cm³/mol. The highest BCUT2D eigenvalue weighted by Crippen LogP contribution is 2.00. The molecule has 0 rings (SSSR count). The van der Waals surface area contributed by atoms with Gasteiger partial charge in [-0.25, -0.2) is 0 Å². The Balaban J connectivity index is 3.31. The number of nitrogens with one attached hydrogen (secondary N) is 1. The van der Waals surface area contributed by atoms with E-state index in [0.29, 0.717) is 25.1 Å². The van der Waals surface area contributed by atoms with Gasteiger partial charge in [0.25, 0.3) is 0 Å². The highest BCUT2D eigenvalue weighted by Gasteiger charge is 2.02. The molecule has 16 heavy (non-hydrogen) atoms. The van der Waals surface area contributed by atoms with Crippen LogP contribution in [0.25, 0.3) is 0 Å². The smallest absolute Gasteiger partial charge is 0.305 e. The van der Waals surface area contributed by atoms with E-state index in [0.717, 1.165) is 19.3 Å². The molecule has 0 radical (unpaired) electrons. The summed E-state index contributed by atoms with van der Waals surface area (Å²) in [5.74, 6) is -0.251. The van der Waals surface area contributed by atoms with E-state index in [-0.39, 0.29) is 11.9 Å². The molecule has 92 valence electrons. The van der Waals surface area contributed by atoms with Gasteiger partial charge in [0.15, 0.2) is 0 Å². The van der Waals surface area contributed by atoms with Crippen LogP contribution in [0.3, 0.4) is 0 Å². The Morgan fingerprint density at radius 3 is 2.50 bits per heavy atom. The SMILES string of the molecule is C=C(C)C(=O)NCCCCCC(=O)OCC. The molecule has 0 unspecified atom stereocenters. The van der Waals surface area contributed by atoms with Crippen LogP contribution in [0.5, 0.6) is 0 Å². The Morgan fingerprint density at radius 2 is 1.94 bits per heavy atom. The summed E-state index contributed by atoms with van der Waals surface area (Å²) in [6.07, 6.45) is 3.05. The van der Waals surface area contributed by atoms with Gasteiger partial charge in [0.2, 0.25) is 5.91 Å². The molecule has 0 spiro atoms. The second-order valence-corrected chi connectivity index (χ2v) is 3.65. The van der Waals surface area contributed by atoms with Gasteiger partial charge in [0.1, 0.15) is 0 Å². The quantitative estimate of drug-likeness (QED) is 0.391. The summed E-state index contributed by atoms with van der Waals surface area (Å²) >= 11 is 0. The van der Waals surface area contributed by atoms with Crippen LogP contribution in [0.2, 0.25) is 0 Å². The molecule has 0 aromatic rings. The lowest BCUT2D eigenvalue weighted by molar-refractivity contribution is -0.143. The van der Waals surface area contributed by atoms with E-state index in [1.54, 1.807) is 13.8 Å². The zero-order valence-electron chi connectivity index (χ0n) is 10.2. The third kappa shape index (κ3) is 8.03. The van der Waals surface area contributed by atoms with E-state index in [2.05, 4.69) is 11.9 Å². The predicted octanol–water partition coefficient (Wildman–Crippen LogP) is 1.80. The molecule has 1 N–H and O–H groups in total. The average Bonchev–Trinajstić information content (AvgIpc) is 2.23. The minimum Gasteiger partial charge on any atom is -0.466 e. The van der Waals surface area contributed by atoms with Crippen molar-refractivity contribution >= 4 is 11.9 Å². The minimum absolute atomic E-state index is 0.106. The molecule has 0 saturated carbocycles. The molecular formula is C12H21NO3. The standard InChI is InChI=1S/C12H21NO3/c1-4-16-11(14)8-6-5-7-9-13-12(15)10(2)3/h2,4-9H2,1,3H3,(H,13,15). The van der Waals surface area contributed by atoms with Gasteiger partial charge in [-0.1, -0.05) is 13.0 Å². The molecule has 0 aromatic heterocycles. The van der Waals surface area contributed by atoms with Crippen LogP contribution in [0.1, 0.15) is 39.5 Å². The highest BCUT2D eigenvalue weighted by molar-refractivity contribution is 5.91. The highest BCUT2D eigenvalue weighted by atomic mass is 16.5. The molecule has 0 aliphatic carbocycles. The lowest BCUT2D eigenvalue weighted by atomic mass is 10.2. The van der Waals surface area contributed by atoms with E-state index in [4.69, 9.17) is 4.74 Å². The molecule has 0 atom stereocenters. The van der Waals surface area contributed by atoms with Crippen molar-refractivity contribution in [2.45, 2.75) is 39.5 Å². The molecule has 4 nitrogen and oxygen atoms in total. The first-order valence-electron chi connectivity index (χ1n) is 5.67. The lowest BCUT2D eigenvalue weighted by Crippen LogP contribution is -2.24. The summed E-state index contributed by atoms with van der Waals surface area (Å²) in [5.41, 5.74) is 0.520. The first kappa shape index (κ1) is 14.7. The Kier molecular flexibility index (Phi) is 8.21. The zero-order chi connectivity index (χ0) is 12.4. The van der Waals surface area contributed by atoms with E-state index in [1.807, 2.05) is 0 Å². The summed E-state index contributed by atoms with van der Waals surface area (Å²) in [6.45, 7) is 8.09. The van der Waals surface area contributed by atoms with Gasteiger partial charge in [0.05, 0.1) is 6.61 Å². The number of esters is 1. The zero-order valence-corrected chi connectivity index (χ0v) is 10.2. The Bertz CT molecular complexity index is 249. The second kappa shape index (κ2) is 8.95. The van der Waals surface area contributed by atoms with Crippen molar-refractivity contribution in [2.75, 3.05) is 13.2 Å². The van der Waals surface area contributed by atoms with Crippen molar-refractivity contribution in [3.8, 4) is 0 Å². The molecule has 4 heteroatoms. The molecule has 0 aliphatic heterocycles. The molecule has 0 bridgehead atoms. The van der Waals surface area contributed by atoms with E-state index in [9.17, 15) is 9.59 Å². The minimum atomic E-state index is -0.145. The molecular weight excluding hydrogens is 206 g/mol. The van der Waals surface area contributed by atoms with Crippen LogP contribution in [0, 0.1) is 0 Å². The van der Waals surface area contributed by atoms with Crippen molar-refractivity contribution in [3.05, 3.63) is 12.2 Å². The third-order valence-corrected chi connectivity index (χ3v) is 2.04. The first-order valence-corrected chi connectivity index (χ1v) is 5.67. The summed E-state index contributed by atoms with van der Waals surface area (Å²) in [7, 11) is 0. The topological polar surface area (TPSA) is 55.4 Å². The summed E-state index contributed by atoms with van der Waals surface area (Å²) in [6, 6.07) is 0. The number of hydrogen-bond donors (Lipinski definition) is 1. The van der Waals surface area contributed by atoms with Crippen LogP contribution >= 0.6 is 0 Å². The van der Waals surface area contributed by atoms with Gasteiger partial charge >= 0.3 is 5.97 Å². The average molecular weight is 227 g/mol. The number of carbonyl (C=O) groups is 2. The number of ether oxygens (including phenoxy) is 1. The third-order valence-electron chi connectivity index (χ3n) is 2.04. The number of carbonyl (C=O) groups excluding carboxylic acids is 2. The number of unbranched alkanes of at least 4 members (excludes halogenated alkanes) is 2. The van der Waals surface area contributed by atoms with Crippen molar-refractivity contribution < 1.29 is 14.3 Å². The van der Waals surface area contributed by atoms with E-state index < -0.39 is 0 Å². The molecule has 0 heterocycles. The number of hydrogen-bond acceptors (Lipinski definition) is 3. The maximum absolute atomic E-state index is 11.1. The summed E-state index contributed by atoms with van der Waals surface area (Å²) in [5, 5.41) is 2.74. The van der Waals surface area contributed by atoms with Gasteiger partial charge in [-0.15, -0.1) is 0 Å². The number of rotatable bonds is 8. The van der Waals surface area contributed by atoms with Crippen molar-refractivity contribution in [3.63, 3.8) is 0 Å². The van der Waals surface area contributed by atoms with Crippen LogP contribution < -0.4 is 5.32 Å². The monoisotopic (exact) mass is 227 g/mol. The Labute approximate surface area is 97.1 Å². The Hall–Kier alpha value is -1.32. The lowest BCUT2D eigenvalue weighted by Gasteiger charge is -2.04. The van der Waals surface area contributed by atoms with Crippen LogP contribution in [-0.2, 0) is 14.3 Å². The maximum Gasteiger partial charge on any atom is 0.305 e. The van der Waals surface area contributed by atoms with Crippen LogP contribution in [0.15, 0.2) is 12.2 Å². The van der Waals surface area contributed by atoms with Crippen molar-refractivity contribution in [1.82, 2.24) is 5.32 Å². The van der Waals surface area contributed by atoms with Crippen molar-refractivity contribution in [2.24, 2.45) is 0 Å². The molecule has 0 aliphatic rings. The fraction of sp³-hybridized carbons (Fsp3) is 0.667. The van der Waals surface area contributed by atoms with Gasteiger partial charge in [-0.3, -0.25) is 9.59 Å². The summed E-state index contributed by atoms with van der Waals surface area (Å²) in [4.78, 5) is 22.1. The molecule has 0 saturated heterocycles. The molecule has 0 fully saturated rings. The fourth-order valence-corrected chi connectivity index (χ4v) is 1.16. The van der Waals surface area contributed by atoms with Gasteiger partial charge in [-0.2, -0.15) is 0 Å². The second-order valence-electron chi connectivity index (χ2n) is 3.65. The molecule has 0 aromatic carbocycles. The van der Waals surface area contributed by atoms with Gasteiger partial charge < -0.3 is 10.1 Å². The first-order chi connectivity index (χ1) is 7.57. The van der Waals surface area contributed by atoms with Gasteiger partial charge in [0, 0.05) is 18.5 Å². The normalized spacial score (nSPS) is 9.62. The number of amides is 1. The van der Waals surface area contributed by atoms with Crippen LogP contribution in [-0.4, -0.2) is 25.0 Å². The maximum atomic E-state index is 11.1. The molecule has 1 amide bonds. The van der Waals surface area contributed by atoms with Crippen molar-refractivity contribution in [1.29, 1.82) is 0 Å². The summed E-state index contributed by atoms with van der Waals surface area (Å²) < 4.78 is 4.80. The van der Waals surface area contributed by atoms with Gasteiger partial charge in [-0.05, 0) is 26.7 Å². The van der Waals surface area contributed by atoms with E-state index >= 15 is 0 Å². The van der Waals surface area contributed by atoms with E-state index in [1.165, 1.54) is 0 Å². The fourth-order valence-electron chi connectivity index (χ4n) is 1.16.